The van der Waals surface area contributed by atoms with Crippen LogP contribution in [0, 0.1) is 5.82 Å². The minimum Gasteiger partial charge on any atom is -0.488 e. The molecule has 84 valence electrons. The number of aliphatic hydroxyl groups is 1. The van der Waals surface area contributed by atoms with Gasteiger partial charge in [-0.1, -0.05) is 12.1 Å². The smallest absolute Gasteiger partial charge is 0.165 e. The molecule has 0 aromatic heterocycles. The molecule has 0 saturated carbocycles. The number of hydrogen-bond donors (Lipinski definition) is 2. The molecule has 0 aliphatic heterocycles. The van der Waals surface area contributed by atoms with Gasteiger partial charge in [0.15, 0.2) is 11.6 Å². The fourth-order valence-electron chi connectivity index (χ4n) is 0.986. The molecule has 0 aliphatic rings. The summed E-state index contributed by atoms with van der Waals surface area (Å²) in [7, 11) is 1.45. The Labute approximate surface area is 87.6 Å². The molecule has 0 radical (unpaired) electrons. The van der Waals surface area contributed by atoms with Crippen molar-refractivity contribution in [1.29, 1.82) is 0 Å². The molecule has 2 N–H and O–H groups in total. The molecule has 4 nitrogen and oxygen atoms in total. The topological polar surface area (TPSA) is 50.7 Å². The van der Waals surface area contributed by atoms with E-state index in [1.807, 2.05) is 0 Å². The van der Waals surface area contributed by atoms with Crippen molar-refractivity contribution in [2.45, 2.75) is 6.10 Å². The first-order valence-electron chi connectivity index (χ1n) is 4.55. The number of ether oxygens (including phenoxy) is 1. The van der Waals surface area contributed by atoms with Crippen molar-refractivity contribution in [3.8, 4) is 5.75 Å². The second-order valence-corrected chi connectivity index (χ2v) is 2.95. The largest absolute Gasteiger partial charge is 0.488 e. The van der Waals surface area contributed by atoms with Gasteiger partial charge in [-0.3, -0.25) is 0 Å². The Bertz CT molecular complexity index is 296. The molecule has 1 unspecified atom stereocenters. The van der Waals surface area contributed by atoms with E-state index in [2.05, 4.69) is 10.3 Å². The Morgan fingerprint density at radius 1 is 1.47 bits per heavy atom. The van der Waals surface area contributed by atoms with Crippen molar-refractivity contribution >= 4 is 0 Å². The number of hydroxylamine groups is 1. The van der Waals surface area contributed by atoms with Crippen LogP contribution >= 0.6 is 0 Å². The highest BCUT2D eigenvalue weighted by atomic mass is 19.1. The van der Waals surface area contributed by atoms with E-state index in [1.54, 1.807) is 12.1 Å². The Morgan fingerprint density at radius 3 is 2.87 bits per heavy atom. The molecule has 15 heavy (non-hydrogen) atoms. The van der Waals surface area contributed by atoms with Gasteiger partial charge in [0.05, 0.1) is 13.7 Å². The van der Waals surface area contributed by atoms with E-state index in [4.69, 9.17) is 4.74 Å². The van der Waals surface area contributed by atoms with Crippen molar-refractivity contribution in [2.24, 2.45) is 0 Å². The predicted molar refractivity (Wildman–Crippen MR) is 52.9 cm³/mol. The van der Waals surface area contributed by atoms with Crippen molar-refractivity contribution in [2.75, 3.05) is 20.3 Å². The number of halogens is 1. The molecule has 0 saturated heterocycles. The van der Waals surface area contributed by atoms with Gasteiger partial charge >= 0.3 is 0 Å². The molecule has 0 bridgehead atoms. The maximum atomic E-state index is 13.0. The van der Waals surface area contributed by atoms with Crippen LogP contribution in [0.5, 0.6) is 5.75 Å². The lowest BCUT2D eigenvalue weighted by molar-refractivity contribution is 0.0316. The molecular formula is C10H14FNO3. The van der Waals surface area contributed by atoms with Gasteiger partial charge in [-0.15, -0.1) is 0 Å². The predicted octanol–water partition coefficient (Wildman–Crippen LogP) is 0.716. The first kappa shape index (κ1) is 11.9. The summed E-state index contributed by atoms with van der Waals surface area (Å²) < 4.78 is 18.1. The molecule has 0 amide bonds. The molecule has 0 fully saturated rings. The summed E-state index contributed by atoms with van der Waals surface area (Å²) >= 11 is 0. The van der Waals surface area contributed by atoms with Crippen LogP contribution in [0.2, 0.25) is 0 Å². The molecular weight excluding hydrogens is 201 g/mol. The zero-order valence-electron chi connectivity index (χ0n) is 8.44. The van der Waals surface area contributed by atoms with Crippen LogP contribution in [0.25, 0.3) is 0 Å². The van der Waals surface area contributed by atoms with Gasteiger partial charge in [0.25, 0.3) is 0 Å². The van der Waals surface area contributed by atoms with Crippen molar-refractivity contribution < 1.29 is 19.1 Å². The lowest BCUT2D eigenvalue weighted by Gasteiger charge is -2.12. The van der Waals surface area contributed by atoms with Gasteiger partial charge in [-0.05, 0) is 12.1 Å². The number of rotatable bonds is 6. The normalized spacial score (nSPS) is 12.5. The van der Waals surface area contributed by atoms with Crippen LogP contribution in [0.4, 0.5) is 4.39 Å². The summed E-state index contributed by atoms with van der Waals surface area (Å²) in [6.07, 6.45) is -0.746. The van der Waals surface area contributed by atoms with Crippen LogP contribution in [-0.2, 0) is 4.84 Å². The monoisotopic (exact) mass is 215 g/mol. The quantitative estimate of drug-likeness (QED) is 0.686. The lowest BCUT2D eigenvalue weighted by Crippen LogP contribution is -2.30. The Hall–Kier alpha value is -1.17. The SMILES string of the molecule is CONCC(O)COc1ccccc1F. The van der Waals surface area contributed by atoms with Crippen LogP contribution in [0.1, 0.15) is 0 Å². The number of para-hydroxylation sites is 1. The average Bonchev–Trinajstić information content (AvgIpc) is 2.25. The highest BCUT2D eigenvalue weighted by Crippen LogP contribution is 2.15. The zero-order chi connectivity index (χ0) is 11.1. The standard InChI is InChI=1S/C10H14FNO3/c1-14-12-6-8(13)7-15-10-5-3-2-4-9(10)11/h2-5,8,12-13H,6-7H2,1H3. The first-order chi connectivity index (χ1) is 7.24. The summed E-state index contributed by atoms with van der Waals surface area (Å²) in [4.78, 5) is 4.55. The van der Waals surface area contributed by atoms with E-state index in [0.29, 0.717) is 0 Å². The van der Waals surface area contributed by atoms with E-state index in [1.165, 1.54) is 19.2 Å². The minimum absolute atomic E-state index is 0.0112. The first-order valence-corrected chi connectivity index (χ1v) is 4.55. The molecule has 1 rings (SSSR count). The molecule has 1 atom stereocenters. The molecule has 1 aromatic carbocycles. The summed E-state index contributed by atoms with van der Waals surface area (Å²) in [6.45, 7) is 0.238. The third-order valence-electron chi connectivity index (χ3n) is 1.73. The maximum Gasteiger partial charge on any atom is 0.165 e. The fourth-order valence-corrected chi connectivity index (χ4v) is 0.986. The highest BCUT2D eigenvalue weighted by Gasteiger charge is 2.06. The molecule has 5 heteroatoms. The summed E-state index contributed by atoms with van der Waals surface area (Å²) in [5.74, 6) is -0.307. The van der Waals surface area contributed by atoms with Crippen LogP contribution in [0.3, 0.4) is 0 Å². The van der Waals surface area contributed by atoms with E-state index in [9.17, 15) is 9.50 Å². The summed E-state index contributed by atoms with van der Waals surface area (Å²) in [5.41, 5.74) is 2.48. The number of nitrogens with one attached hydrogen (secondary N) is 1. The van der Waals surface area contributed by atoms with Gasteiger partial charge in [0, 0.05) is 0 Å². The van der Waals surface area contributed by atoms with E-state index >= 15 is 0 Å². The fraction of sp³-hybridized carbons (Fsp3) is 0.400. The van der Waals surface area contributed by atoms with Crippen molar-refractivity contribution in [3.05, 3.63) is 30.1 Å². The highest BCUT2D eigenvalue weighted by molar-refractivity contribution is 5.23. The molecule has 0 spiro atoms. The molecule has 0 heterocycles. The van der Waals surface area contributed by atoms with Gasteiger partial charge in [0.1, 0.15) is 12.7 Å². The van der Waals surface area contributed by atoms with Crippen molar-refractivity contribution in [3.63, 3.8) is 0 Å². The van der Waals surface area contributed by atoms with E-state index in [0.717, 1.165) is 0 Å². The van der Waals surface area contributed by atoms with Gasteiger partial charge < -0.3 is 14.7 Å². The third-order valence-corrected chi connectivity index (χ3v) is 1.73. The molecule has 1 aromatic rings. The Morgan fingerprint density at radius 2 is 2.20 bits per heavy atom. The zero-order valence-corrected chi connectivity index (χ0v) is 8.44. The van der Waals surface area contributed by atoms with Crippen molar-refractivity contribution in [1.82, 2.24) is 5.48 Å². The van der Waals surface area contributed by atoms with E-state index in [-0.39, 0.29) is 18.9 Å². The van der Waals surface area contributed by atoms with Gasteiger partial charge in [-0.25, -0.2) is 9.87 Å². The lowest BCUT2D eigenvalue weighted by atomic mass is 10.3. The number of benzene rings is 1. The molecule has 0 aliphatic carbocycles. The summed E-state index contributed by atoms with van der Waals surface area (Å²) in [5, 5.41) is 9.34. The second kappa shape index (κ2) is 6.34. The Kier molecular flexibility index (Phi) is 5.03. The van der Waals surface area contributed by atoms with Gasteiger partial charge in [0.2, 0.25) is 0 Å². The number of hydrogen-bond acceptors (Lipinski definition) is 4. The second-order valence-electron chi connectivity index (χ2n) is 2.95. The van der Waals surface area contributed by atoms with Crippen LogP contribution < -0.4 is 10.2 Å². The summed E-state index contributed by atoms with van der Waals surface area (Å²) in [6, 6.07) is 6.05. The van der Waals surface area contributed by atoms with E-state index < -0.39 is 11.9 Å². The minimum atomic E-state index is -0.746. The average molecular weight is 215 g/mol. The van der Waals surface area contributed by atoms with Crippen LogP contribution in [0.15, 0.2) is 24.3 Å². The van der Waals surface area contributed by atoms with Crippen LogP contribution in [-0.4, -0.2) is 31.5 Å². The third kappa shape index (κ3) is 4.24. The van der Waals surface area contributed by atoms with Gasteiger partial charge in [-0.2, -0.15) is 0 Å². The number of aliphatic hydroxyl groups excluding tert-OH is 1. The Balaban J connectivity index is 2.33. The maximum absolute atomic E-state index is 13.0.